The van der Waals surface area contributed by atoms with Gasteiger partial charge in [0.1, 0.15) is 18.5 Å². The van der Waals surface area contributed by atoms with Crippen LogP contribution in [0.25, 0.3) is 0 Å². The van der Waals surface area contributed by atoms with Crippen LogP contribution in [0.3, 0.4) is 0 Å². The van der Waals surface area contributed by atoms with E-state index in [0.717, 1.165) is 12.5 Å². The van der Waals surface area contributed by atoms with Crippen molar-refractivity contribution >= 4 is 0 Å². The second-order valence-electron chi connectivity index (χ2n) is 5.27. The van der Waals surface area contributed by atoms with E-state index in [9.17, 15) is 5.11 Å². The van der Waals surface area contributed by atoms with Crippen molar-refractivity contribution in [2.24, 2.45) is 5.92 Å². The number of hydrogen-bond acceptors (Lipinski definition) is 4. The van der Waals surface area contributed by atoms with Gasteiger partial charge in [0.25, 0.3) is 0 Å². The first-order valence-corrected chi connectivity index (χ1v) is 6.67. The van der Waals surface area contributed by atoms with Crippen LogP contribution in [0.2, 0.25) is 0 Å². The summed E-state index contributed by atoms with van der Waals surface area (Å²) in [6, 6.07) is 8.97. The molecule has 1 atom stereocenters. The SMILES string of the molecule is CN(CC(O)COc1ccc(C#N)cc1)CC1CC1. The highest BCUT2D eigenvalue weighted by Gasteiger charge is 2.23. The van der Waals surface area contributed by atoms with Crippen molar-refractivity contribution in [2.75, 3.05) is 26.7 Å². The standard InChI is InChI=1S/C15H20N2O2/c1-17(9-13-2-3-13)10-14(18)11-19-15-6-4-12(8-16)5-7-15/h4-7,13-14,18H,2-3,9-11H2,1H3. The van der Waals surface area contributed by atoms with Crippen molar-refractivity contribution in [3.63, 3.8) is 0 Å². The summed E-state index contributed by atoms with van der Waals surface area (Å²) >= 11 is 0. The summed E-state index contributed by atoms with van der Waals surface area (Å²) in [4.78, 5) is 2.16. The van der Waals surface area contributed by atoms with Crippen molar-refractivity contribution in [1.82, 2.24) is 4.90 Å². The lowest BCUT2D eigenvalue weighted by atomic mass is 10.2. The molecule has 1 saturated carbocycles. The molecule has 102 valence electrons. The van der Waals surface area contributed by atoms with Crippen molar-refractivity contribution < 1.29 is 9.84 Å². The average Bonchev–Trinajstić information content (AvgIpc) is 3.20. The molecule has 0 aliphatic heterocycles. The van der Waals surface area contributed by atoms with Gasteiger partial charge in [0, 0.05) is 13.1 Å². The zero-order valence-corrected chi connectivity index (χ0v) is 11.2. The first-order chi connectivity index (χ1) is 9.17. The molecular formula is C15H20N2O2. The van der Waals surface area contributed by atoms with E-state index < -0.39 is 6.10 Å². The fraction of sp³-hybridized carbons (Fsp3) is 0.533. The Hall–Kier alpha value is -1.57. The lowest BCUT2D eigenvalue weighted by Gasteiger charge is -2.20. The van der Waals surface area contributed by atoms with Gasteiger partial charge in [-0.1, -0.05) is 0 Å². The van der Waals surface area contributed by atoms with E-state index in [1.807, 2.05) is 7.05 Å². The largest absolute Gasteiger partial charge is 0.491 e. The van der Waals surface area contributed by atoms with E-state index in [0.29, 0.717) is 17.9 Å². The van der Waals surface area contributed by atoms with E-state index >= 15 is 0 Å². The Kier molecular flexibility index (Phi) is 4.78. The van der Waals surface area contributed by atoms with E-state index in [1.165, 1.54) is 12.8 Å². The quantitative estimate of drug-likeness (QED) is 0.809. The van der Waals surface area contributed by atoms with Crippen LogP contribution in [0, 0.1) is 17.2 Å². The van der Waals surface area contributed by atoms with Crippen LogP contribution in [0.4, 0.5) is 0 Å². The maximum absolute atomic E-state index is 9.90. The number of nitriles is 1. The maximum Gasteiger partial charge on any atom is 0.119 e. The Morgan fingerprint density at radius 1 is 1.42 bits per heavy atom. The predicted molar refractivity (Wildman–Crippen MR) is 72.9 cm³/mol. The third-order valence-corrected chi connectivity index (χ3v) is 3.22. The van der Waals surface area contributed by atoms with E-state index in [4.69, 9.17) is 10.00 Å². The maximum atomic E-state index is 9.90. The summed E-state index contributed by atoms with van der Waals surface area (Å²) in [5, 5.41) is 18.6. The van der Waals surface area contributed by atoms with E-state index in [1.54, 1.807) is 24.3 Å². The van der Waals surface area contributed by atoms with E-state index in [-0.39, 0.29) is 6.61 Å². The van der Waals surface area contributed by atoms with Crippen LogP contribution in [0.1, 0.15) is 18.4 Å². The minimum absolute atomic E-state index is 0.279. The van der Waals surface area contributed by atoms with Crippen molar-refractivity contribution in [2.45, 2.75) is 18.9 Å². The molecule has 4 nitrogen and oxygen atoms in total. The summed E-state index contributed by atoms with van der Waals surface area (Å²) in [5.74, 6) is 1.51. The fourth-order valence-corrected chi connectivity index (χ4v) is 2.05. The zero-order valence-electron chi connectivity index (χ0n) is 11.2. The number of ether oxygens (including phenoxy) is 1. The fourth-order valence-electron chi connectivity index (χ4n) is 2.05. The topological polar surface area (TPSA) is 56.5 Å². The Balaban J connectivity index is 1.69. The van der Waals surface area contributed by atoms with Gasteiger partial charge >= 0.3 is 0 Å². The minimum atomic E-state index is -0.487. The molecule has 1 aliphatic carbocycles. The molecule has 0 radical (unpaired) electrons. The lowest BCUT2D eigenvalue weighted by molar-refractivity contribution is 0.0751. The molecular weight excluding hydrogens is 240 g/mol. The molecule has 1 aromatic carbocycles. The summed E-state index contributed by atoms with van der Waals surface area (Å²) in [6.45, 7) is 1.97. The van der Waals surface area contributed by atoms with Crippen LogP contribution in [0.5, 0.6) is 5.75 Å². The molecule has 1 N–H and O–H groups in total. The minimum Gasteiger partial charge on any atom is -0.491 e. The average molecular weight is 260 g/mol. The molecule has 1 aliphatic rings. The van der Waals surface area contributed by atoms with Gasteiger partial charge in [-0.3, -0.25) is 0 Å². The highest BCUT2D eigenvalue weighted by molar-refractivity contribution is 5.34. The number of likely N-dealkylation sites (N-methyl/N-ethyl adjacent to an activating group) is 1. The number of benzene rings is 1. The molecule has 0 bridgehead atoms. The molecule has 1 unspecified atom stereocenters. The first-order valence-electron chi connectivity index (χ1n) is 6.67. The highest BCUT2D eigenvalue weighted by Crippen LogP contribution is 2.29. The predicted octanol–water partition coefficient (Wildman–Crippen LogP) is 1.64. The lowest BCUT2D eigenvalue weighted by Crippen LogP contribution is -2.34. The molecule has 0 saturated heterocycles. The molecule has 2 rings (SSSR count). The summed E-state index contributed by atoms with van der Waals surface area (Å²) < 4.78 is 5.50. The Bertz CT molecular complexity index is 434. The van der Waals surface area contributed by atoms with Crippen LogP contribution < -0.4 is 4.74 Å². The number of nitrogens with zero attached hydrogens (tertiary/aromatic N) is 2. The van der Waals surface area contributed by atoms with Gasteiger partial charge in [-0.05, 0) is 50.1 Å². The van der Waals surface area contributed by atoms with Crippen LogP contribution in [-0.4, -0.2) is 42.9 Å². The third-order valence-electron chi connectivity index (χ3n) is 3.22. The van der Waals surface area contributed by atoms with Gasteiger partial charge in [0.15, 0.2) is 0 Å². The third kappa shape index (κ3) is 4.90. The van der Waals surface area contributed by atoms with Crippen molar-refractivity contribution in [3.05, 3.63) is 29.8 Å². The molecule has 1 fully saturated rings. The van der Waals surface area contributed by atoms with Gasteiger partial charge in [-0.2, -0.15) is 5.26 Å². The molecule has 0 heterocycles. The van der Waals surface area contributed by atoms with Crippen molar-refractivity contribution in [1.29, 1.82) is 5.26 Å². The van der Waals surface area contributed by atoms with Crippen LogP contribution in [0.15, 0.2) is 24.3 Å². The van der Waals surface area contributed by atoms with E-state index in [2.05, 4.69) is 11.0 Å². The molecule has 0 spiro atoms. The summed E-state index contributed by atoms with van der Waals surface area (Å²) in [6.07, 6.45) is 2.16. The zero-order chi connectivity index (χ0) is 13.7. The van der Waals surface area contributed by atoms with Crippen LogP contribution >= 0.6 is 0 Å². The second kappa shape index (κ2) is 6.55. The first kappa shape index (κ1) is 13.9. The van der Waals surface area contributed by atoms with Crippen LogP contribution in [-0.2, 0) is 0 Å². The highest BCUT2D eigenvalue weighted by atomic mass is 16.5. The van der Waals surface area contributed by atoms with Gasteiger partial charge in [0.2, 0.25) is 0 Å². The monoisotopic (exact) mass is 260 g/mol. The summed E-state index contributed by atoms with van der Waals surface area (Å²) in [5.41, 5.74) is 0.608. The van der Waals surface area contributed by atoms with Gasteiger partial charge in [-0.15, -0.1) is 0 Å². The number of rotatable bonds is 7. The molecule has 0 aromatic heterocycles. The molecule has 4 heteroatoms. The van der Waals surface area contributed by atoms with Gasteiger partial charge in [0.05, 0.1) is 11.6 Å². The Labute approximate surface area is 114 Å². The number of aliphatic hydroxyl groups is 1. The molecule has 1 aromatic rings. The summed E-state index contributed by atoms with van der Waals surface area (Å²) in [7, 11) is 2.03. The Morgan fingerprint density at radius 3 is 2.68 bits per heavy atom. The van der Waals surface area contributed by atoms with Gasteiger partial charge in [-0.25, -0.2) is 0 Å². The molecule has 0 amide bonds. The van der Waals surface area contributed by atoms with Gasteiger partial charge < -0.3 is 14.7 Å². The number of hydrogen-bond donors (Lipinski definition) is 1. The second-order valence-corrected chi connectivity index (χ2v) is 5.27. The van der Waals surface area contributed by atoms with Crippen molar-refractivity contribution in [3.8, 4) is 11.8 Å². The number of aliphatic hydroxyl groups excluding tert-OH is 1. The molecule has 19 heavy (non-hydrogen) atoms. The normalized spacial score (nSPS) is 16.1. The Morgan fingerprint density at radius 2 is 2.11 bits per heavy atom. The smallest absolute Gasteiger partial charge is 0.119 e.